The quantitative estimate of drug-likeness (QED) is 0.0169. The lowest BCUT2D eigenvalue weighted by molar-refractivity contribution is -0.134. The maximum atomic E-state index is 13.3. The summed E-state index contributed by atoms with van der Waals surface area (Å²) in [5.41, 5.74) is 19.3. The van der Waals surface area contributed by atoms with Crippen molar-refractivity contribution in [3.05, 3.63) is 256 Å². The predicted octanol–water partition coefficient (Wildman–Crippen LogP) is 18.8. The number of hydrogen-bond acceptors (Lipinski definition) is 16. The second kappa shape index (κ2) is 60.5. The average Bonchev–Trinajstić information content (AvgIpc) is 0.842. The van der Waals surface area contributed by atoms with Crippen LogP contribution in [-0.2, 0) is 61.9 Å². The molecule has 0 unspecified atom stereocenters. The molecule has 0 atom stereocenters. The summed E-state index contributed by atoms with van der Waals surface area (Å²) in [4.78, 5) is 59.4. The van der Waals surface area contributed by atoms with Gasteiger partial charge in [0.15, 0.2) is 0 Å². The second-order valence-corrected chi connectivity index (χ2v) is 33.6. The molecule has 680 valence electrons. The van der Waals surface area contributed by atoms with Crippen LogP contribution in [-0.4, -0.2) is 165 Å². The van der Waals surface area contributed by atoms with E-state index in [2.05, 4.69) is 126 Å². The van der Waals surface area contributed by atoms with Crippen LogP contribution < -0.4 is 51.1 Å². The molecule has 8 aromatic carbocycles. The Balaban J connectivity index is 0.000000321. The topological polar surface area (TPSA) is 251 Å². The number of nitrogens with one attached hydrogen (secondary N) is 3. The van der Waals surface area contributed by atoms with Gasteiger partial charge < -0.3 is 80.7 Å². The Hall–Kier alpha value is -10.0. The van der Waals surface area contributed by atoms with Crippen LogP contribution in [0.25, 0.3) is 0 Å². The van der Waals surface area contributed by atoms with Crippen LogP contribution in [0.4, 0.5) is 22.8 Å². The van der Waals surface area contributed by atoms with Crippen LogP contribution in [0.3, 0.4) is 0 Å². The highest BCUT2D eigenvalue weighted by atomic mass is 35.5. The first kappa shape index (κ1) is 106. The number of likely N-dealkylation sites (tertiary alicyclic amines) is 3. The van der Waals surface area contributed by atoms with Crippen molar-refractivity contribution in [2.45, 2.75) is 185 Å². The van der Waals surface area contributed by atoms with E-state index in [0.29, 0.717) is 101 Å². The summed E-state index contributed by atoms with van der Waals surface area (Å²) < 4.78 is 67.3. The van der Waals surface area contributed by atoms with Gasteiger partial charge in [-0.1, -0.05) is 166 Å². The van der Waals surface area contributed by atoms with E-state index >= 15 is 0 Å². The zero-order chi connectivity index (χ0) is 89.9. The molecule has 0 saturated carbocycles. The lowest BCUT2D eigenvalue weighted by Gasteiger charge is -2.37. The van der Waals surface area contributed by atoms with Crippen molar-refractivity contribution < 1.29 is 61.1 Å². The molecule has 0 bridgehead atoms. The van der Waals surface area contributed by atoms with Crippen molar-refractivity contribution in [3.8, 4) is 28.7 Å². The number of ether oxygens (including phenoxy) is 5. The molecule has 124 heavy (non-hydrogen) atoms. The molecule has 4 amide bonds. The number of aliphatic imine (C=N–C) groups is 1. The number of carboxylic acid groups (broad SMARTS) is 1. The summed E-state index contributed by atoms with van der Waals surface area (Å²) in [5.74, 6) is 5.45. The summed E-state index contributed by atoms with van der Waals surface area (Å²) in [5, 5.41) is 17.1. The third-order valence-electron chi connectivity index (χ3n) is 19.8. The molecule has 0 spiro atoms. The van der Waals surface area contributed by atoms with Gasteiger partial charge in [0.1, 0.15) is 46.2 Å². The lowest BCUT2D eigenvalue weighted by Crippen LogP contribution is -2.49. The predicted molar refractivity (Wildman–Crippen MR) is 495 cm³/mol. The summed E-state index contributed by atoms with van der Waals surface area (Å²) in [7, 11) is 6.38. The molecular weight excluding hydrogens is 1600 g/mol. The molecule has 8 N–H and O–H groups in total. The number of hydrogen-bond donors (Lipinski definition) is 6. The normalized spacial score (nSPS) is 13.6. The Bertz CT molecular complexity index is 4010. The number of halogens is 4. The van der Waals surface area contributed by atoms with Gasteiger partial charge in [0, 0.05) is 70.9 Å². The fourth-order valence-electron chi connectivity index (χ4n) is 12.5. The molecule has 11 rings (SSSR count). The zero-order valence-electron chi connectivity index (χ0n) is 75.8. The Labute approximate surface area is 743 Å². The number of amides is 4. The molecule has 0 aliphatic carbocycles. The highest BCUT2D eigenvalue weighted by Gasteiger charge is 2.29. The maximum absolute atomic E-state index is 13.3. The minimum Gasteiger partial charge on any atom is -0.493 e. The van der Waals surface area contributed by atoms with E-state index in [-0.39, 0.29) is 54.0 Å². The molecule has 21 nitrogen and oxygen atoms in total. The molecule has 25 heteroatoms. The van der Waals surface area contributed by atoms with Crippen LogP contribution in [0.2, 0.25) is 0 Å². The maximum Gasteiger partial charge on any atom is 0.318 e. The van der Waals surface area contributed by atoms with Crippen LogP contribution in [0.1, 0.15) is 159 Å². The first-order valence-electron chi connectivity index (χ1n) is 43.3. The van der Waals surface area contributed by atoms with Gasteiger partial charge in [-0.2, -0.15) is 0 Å². The molecular formula is C99H141ClF3N11O10. The smallest absolute Gasteiger partial charge is 0.318 e. The number of carbonyl (C=O) groups excluding carboxylic acids is 3. The van der Waals surface area contributed by atoms with E-state index in [1.165, 1.54) is 68.4 Å². The number of piperidine rings is 3. The van der Waals surface area contributed by atoms with E-state index in [9.17, 15) is 27.6 Å². The van der Waals surface area contributed by atoms with Crippen LogP contribution in [0.5, 0.6) is 28.7 Å². The number of nitrogens with zero attached hydrogens (tertiary/aromatic N) is 6. The van der Waals surface area contributed by atoms with Crippen molar-refractivity contribution in [2.24, 2.45) is 46.0 Å². The van der Waals surface area contributed by atoms with Crippen LogP contribution >= 0.6 is 12.4 Å². The molecule has 3 aliphatic heterocycles. The second-order valence-electron chi connectivity index (χ2n) is 33.6. The standard InChI is InChI=1S/2C25H34FN3O2.C13H19FN2.C12H15NO2.2C11H17NO.C2H4O2.ClH/c2*1-19(2)18-31-24-10-6-20(7-11-24)16-27-25(30)29(23-12-14-28(3)15-13-23)17-21-4-8-22(26)9-5-21;1-16-8-6-13(7-9-16)15-10-11-2-4-12(14)5-3-11;1-10(2)8-15-12-5-3-11(4-6-12)7-13-9-14;2*1-9(2)8-13-11-5-3-10(7-12)4-6-11;1-2(3)4;/h2*4-11,19,23H,12-18H2,1-3H3,(H,27,30);2-5,13,15H,6-10H2,1H3;3-6,10H,7-8H2,1-2H3;2*3-6,9H,7-8,12H2,1-2H3;1H3,(H,3,4);1H. The van der Waals surface area contributed by atoms with Crippen molar-refractivity contribution in [1.29, 1.82) is 0 Å². The summed E-state index contributed by atoms with van der Waals surface area (Å²) >= 11 is 0. The van der Waals surface area contributed by atoms with E-state index < -0.39 is 5.97 Å². The minimum atomic E-state index is -0.833. The molecule has 3 fully saturated rings. The van der Waals surface area contributed by atoms with Gasteiger partial charge >= 0.3 is 12.1 Å². The number of urea groups is 2. The van der Waals surface area contributed by atoms with Crippen LogP contribution in [0, 0.1) is 47.0 Å². The van der Waals surface area contributed by atoms with Crippen molar-refractivity contribution in [1.82, 2.24) is 40.4 Å². The zero-order valence-corrected chi connectivity index (χ0v) is 76.6. The fraction of sp³-hybridized carbons (Fsp3) is 0.475. The highest BCUT2D eigenvalue weighted by Crippen LogP contribution is 2.24. The summed E-state index contributed by atoms with van der Waals surface area (Å²) in [6, 6.07) is 59.4. The Morgan fingerprint density at radius 2 is 0.637 bits per heavy atom. The number of carboxylic acids is 1. The largest absolute Gasteiger partial charge is 0.493 e. The SMILES string of the molecule is CC(=O)O.CC(C)COc1ccc(CN)cc1.CC(C)COc1ccc(CN)cc1.CC(C)COc1ccc(CN=C=O)cc1.CC(C)COc1ccc(CNC(=O)N(Cc2ccc(F)cc2)C2CCN(C)CC2)cc1.CC(C)COc1ccc(CNC(=O)N(Cc2ccc(F)cc2)C2CCN(C)CC2)cc1.CN1CCC(NCc2ccc(F)cc2)CC1.Cl. The number of aliphatic carboxylic acids is 1. The molecule has 3 aliphatic rings. The van der Waals surface area contributed by atoms with Gasteiger partial charge in [-0.3, -0.25) is 4.79 Å². The minimum absolute atomic E-state index is 0. The van der Waals surface area contributed by atoms with Gasteiger partial charge in [0.05, 0.1) is 39.6 Å². The van der Waals surface area contributed by atoms with Crippen molar-refractivity contribution in [3.63, 3.8) is 0 Å². The highest BCUT2D eigenvalue weighted by molar-refractivity contribution is 5.85. The van der Waals surface area contributed by atoms with Crippen molar-refractivity contribution >= 4 is 36.5 Å². The van der Waals surface area contributed by atoms with Gasteiger partial charge in [0.25, 0.3) is 5.97 Å². The van der Waals surface area contributed by atoms with E-state index in [0.717, 1.165) is 152 Å². The van der Waals surface area contributed by atoms with Crippen LogP contribution in [0.15, 0.2) is 199 Å². The van der Waals surface area contributed by atoms with Gasteiger partial charge in [-0.05, 0) is 270 Å². The third-order valence-corrected chi connectivity index (χ3v) is 19.8. The Kier molecular flexibility index (Phi) is 51.9. The summed E-state index contributed by atoms with van der Waals surface area (Å²) in [6.07, 6.45) is 7.68. The Morgan fingerprint density at radius 1 is 0.403 bits per heavy atom. The summed E-state index contributed by atoms with van der Waals surface area (Å²) in [6.45, 7) is 36.4. The molecule has 8 aromatic rings. The number of nitrogens with two attached hydrogens (primary N) is 2. The molecule has 3 saturated heterocycles. The first-order valence-corrected chi connectivity index (χ1v) is 43.3. The van der Waals surface area contributed by atoms with Crippen molar-refractivity contribution in [2.75, 3.05) is 93.4 Å². The van der Waals surface area contributed by atoms with Gasteiger partial charge in [-0.15, -0.1) is 12.4 Å². The number of isocyanates is 1. The first-order chi connectivity index (χ1) is 58.9. The average molecular weight is 1740 g/mol. The number of rotatable bonds is 32. The van der Waals surface area contributed by atoms with E-state index in [1.807, 2.05) is 143 Å². The van der Waals surface area contributed by atoms with Gasteiger partial charge in [-0.25, -0.2) is 32.5 Å². The monoisotopic (exact) mass is 1740 g/mol. The van der Waals surface area contributed by atoms with Gasteiger partial charge in [0.2, 0.25) is 6.08 Å². The fourth-order valence-corrected chi connectivity index (χ4v) is 12.5. The molecule has 0 radical (unpaired) electrons. The number of benzene rings is 8. The number of carbonyl (C=O) groups is 3. The Morgan fingerprint density at radius 3 is 0.895 bits per heavy atom. The molecule has 0 aromatic heterocycles. The third kappa shape index (κ3) is 46.6. The van der Waals surface area contributed by atoms with E-state index in [4.69, 9.17) is 45.1 Å². The lowest BCUT2D eigenvalue weighted by atomic mass is 10.0. The van der Waals surface area contributed by atoms with E-state index in [1.54, 1.807) is 24.3 Å². The molecule has 3 heterocycles.